The molecule has 3 aromatic rings. The molecule has 4 rings (SSSR count). The molecule has 2 aromatic carbocycles. The van der Waals surface area contributed by atoms with Crippen molar-refractivity contribution in [3.63, 3.8) is 0 Å². The van der Waals surface area contributed by atoms with Crippen molar-refractivity contribution in [1.82, 2.24) is 15.0 Å². The molecule has 1 aliphatic rings. The number of allylic oxidation sites excluding steroid dienone is 2. The zero-order valence-corrected chi connectivity index (χ0v) is 20.4. The molecule has 32 heavy (non-hydrogen) atoms. The van der Waals surface area contributed by atoms with Gasteiger partial charge in [0.25, 0.3) is 0 Å². The predicted octanol–water partition coefficient (Wildman–Crippen LogP) is 7.33. The minimum atomic E-state index is -0.0876. The van der Waals surface area contributed by atoms with Crippen LogP contribution in [0.25, 0.3) is 16.7 Å². The number of carbonyl (C=O) groups excluding carboxylic acids is 1. The van der Waals surface area contributed by atoms with E-state index in [9.17, 15) is 4.79 Å². The van der Waals surface area contributed by atoms with Crippen LogP contribution in [-0.4, -0.2) is 20.8 Å². The minimum Gasteiger partial charge on any atom is -0.293 e. The second kappa shape index (κ2) is 8.47. The second-order valence-electron chi connectivity index (χ2n) is 10.8. The fourth-order valence-corrected chi connectivity index (χ4v) is 5.15. The summed E-state index contributed by atoms with van der Waals surface area (Å²) in [7, 11) is 0. The van der Waals surface area contributed by atoms with Gasteiger partial charge in [0.15, 0.2) is 5.78 Å². The van der Waals surface area contributed by atoms with Gasteiger partial charge in [-0.1, -0.05) is 64.4 Å². The van der Waals surface area contributed by atoms with Gasteiger partial charge >= 0.3 is 0 Å². The molecule has 1 heterocycles. The summed E-state index contributed by atoms with van der Waals surface area (Å²) in [6.07, 6.45) is 8.16. The Morgan fingerprint density at radius 3 is 2.50 bits per heavy atom. The fraction of sp³-hybridized carbons (Fsp3) is 0.444. The number of hydrogen-bond acceptors (Lipinski definition) is 3. The molecule has 1 unspecified atom stereocenters. The maximum atomic E-state index is 13.5. The topological polar surface area (TPSA) is 47.8 Å². The van der Waals surface area contributed by atoms with E-state index in [1.165, 1.54) is 5.56 Å². The van der Waals surface area contributed by atoms with E-state index in [0.29, 0.717) is 16.1 Å². The first kappa shape index (κ1) is 22.7. The largest absolute Gasteiger partial charge is 0.293 e. The highest BCUT2D eigenvalue weighted by Gasteiger charge is 2.30. The van der Waals surface area contributed by atoms with E-state index in [-0.39, 0.29) is 22.5 Å². The number of hydrogen-bond donors (Lipinski definition) is 0. The molecule has 1 atom stereocenters. The lowest BCUT2D eigenvalue weighted by Crippen LogP contribution is -2.26. The number of benzene rings is 2. The molecule has 0 N–H and O–H groups in total. The summed E-state index contributed by atoms with van der Waals surface area (Å²) in [6.45, 7) is 11.3. The Hall–Kier alpha value is -2.46. The van der Waals surface area contributed by atoms with E-state index in [0.717, 1.165) is 36.9 Å². The molecule has 0 bridgehead atoms. The first-order chi connectivity index (χ1) is 15.0. The summed E-state index contributed by atoms with van der Waals surface area (Å²) in [4.78, 5) is 15.1. The zero-order chi connectivity index (χ0) is 23.1. The molecular weight excluding hydrogens is 418 g/mol. The van der Waals surface area contributed by atoms with E-state index in [2.05, 4.69) is 69.1 Å². The normalized spacial score (nSPS) is 17.1. The molecule has 0 radical (unpaired) electrons. The predicted molar refractivity (Wildman–Crippen MR) is 132 cm³/mol. The molecule has 0 saturated carbocycles. The van der Waals surface area contributed by atoms with Gasteiger partial charge in [-0.25, -0.2) is 0 Å². The van der Waals surface area contributed by atoms with Crippen LogP contribution in [0.4, 0.5) is 0 Å². The van der Waals surface area contributed by atoms with E-state index in [4.69, 9.17) is 11.6 Å². The van der Waals surface area contributed by atoms with Crippen LogP contribution in [0.5, 0.6) is 0 Å². The Morgan fingerprint density at radius 2 is 1.81 bits per heavy atom. The van der Waals surface area contributed by atoms with Crippen molar-refractivity contribution >= 4 is 28.4 Å². The molecule has 0 aliphatic heterocycles. The van der Waals surface area contributed by atoms with Crippen molar-refractivity contribution in [2.75, 3.05) is 0 Å². The third-order valence-corrected chi connectivity index (χ3v) is 6.40. The molecule has 0 saturated heterocycles. The highest BCUT2D eigenvalue weighted by molar-refractivity contribution is 6.31. The SMILES string of the molecule is CC(C)(C)CC(C)(C)c1ccc(C(=O)C2C=CCCC2)c(-n2nc3ccc(Cl)cc3n2)c1. The third kappa shape index (κ3) is 4.80. The molecule has 0 amide bonds. The number of Topliss-reactive ketones (excluding diaryl/α,β-unsaturated/α-hetero) is 1. The Morgan fingerprint density at radius 1 is 1.06 bits per heavy atom. The van der Waals surface area contributed by atoms with Gasteiger partial charge in [-0.05, 0) is 72.4 Å². The van der Waals surface area contributed by atoms with Crippen molar-refractivity contribution in [2.24, 2.45) is 11.3 Å². The molecule has 0 fully saturated rings. The Balaban J connectivity index is 1.85. The Labute approximate surface area is 195 Å². The van der Waals surface area contributed by atoms with Gasteiger partial charge in [0, 0.05) is 16.5 Å². The molecule has 1 aliphatic carbocycles. The summed E-state index contributed by atoms with van der Waals surface area (Å²) in [5.74, 6) is 0.0471. The van der Waals surface area contributed by atoms with E-state index >= 15 is 0 Å². The van der Waals surface area contributed by atoms with Crippen molar-refractivity contribution in [3.05, 3.63) is 64.7 Å². The van der Waals surface area contributed by atoms with Crippen LogP contribution in [0.2, 0.25) is 5.02 Å². The van der Waals surface area contributed by atoms with Crippen LogP contribution in [0.1, 0.15) is 76.2 Å². The van der Waals surface area contributed by atoms with Crippen molar-refractivity contribution < 1.29 is 4.79 Å². The summed E-state index contributed by atoms with van der Waals surface area (Å²) in [5, 5.41) is 9.99. The average molecular weight is 450 g/mol. The summed E-state index contributed by atoms with van der Waals surface area (Å²) in [6, 6.07) is 11.7. The number of nitrogens with zero attached hydrogens (tertiary/aromatic N) is 3. The van der Waals surface area contributed by atoms with Crippen molar-refractivity contribution in [1.29, 1.82) is 0 Å². The quantitative estimate of drug-likeness (QED) is 0.302. The van der Waals surface area contributed by atoms with Crippen LogP contribution >= 0.6 is 11.6 Å². The maximum absolute atomic E-state index is 13.5. The van der Waals surface area contributed by atoms with Crippen LogP contribution in [-0.2, 0) is 5.41 Å². The van der Waals surface area contributed by atoms with Crippen LogP contribution in [0, 0.1) is 11.3 Å². The van der Waals surface area contributed by atoms with Crippen molar-refractivity contribution in [3.8, 4) is 5.69 Å². The lowest BCUT2D eigenvalue weighted by molar-refractivity contribution is 0.0936. The molecular formula is C27H32ClN3O. The molecule has 168 valence electrons. The first-order valence-corrected chi connectivity index (χ1v) is 11.8. The van der Waals surface area contributed by atoms with E-state index < -0.39 is 0 Å². The summed E-state index contributed by atoms with van der Waals surface area (Å²) in [5.41, 5.74) is 4.18. The highest BCUT2D eigenvalue weighted by Crippen LogP contribution is 2.38. The van der Waals surface area contributed by atoms with Gasteiger partial charge < -0.3 is 0 Å². The van der Waals surface area contributed by atoms with Crippen LogP contribution < -0.4 is 0 Å². The van der Waals surface area contributed by atoms with Gasteiger partial charge in [0.1, 0.15) is 11.0 Å². The molecule has 0 spiro atoms. The number of halogens is 1. The Bertz CT molecular complexity index is 1180. The summed E-state index contributed by atoms with van der Waals surface area (Å²) < 4.78 is 0. The monoisotopic (exact) mass is 449 g/mol. The zero-order valence-electron chi connectivity index (χ0n) is 19.7. The van der Waals surface area contributed by atoms with Crippen LogP contribution in [0.3, 0.4) is 0 Å². The lowest BCUT2D eigenvalue weighted by atomic mass is 9.72. The molecule has 1 aromatic heterocycles. The van der Waals surface area contributed by atoms with Gasteiger partial charge in [0.05, 0.1) is 5.69 Å². The number of fused-ring (bicyclic) bond motifs is 1. The maximum Gasteiger partial charge on any atom is 0.171 e. The van der Waals surface area contributed by atoms with Gasteiger partial charge in [0.2, 0.25) is 0 Å². The Kier molecular flexibility index (Phi) is 6.02. The number of aromatic nitrogens is 3. The smallest absolute Gasteiger partial charge is 0.171 e. The summed E-state index contributed by atoms with van der Waals surface area (Å²) >= 11 is 6.16. The molecule has 4 nitrogen and oxygen atoms in total. The number of carbonyl (C=O) groups is 1. The average Bonchev–Trinajstić information content (AvgIpc) is 3.15. The molecule has 5 heteroatoms. The van der Waals surface area contributed by atoms with Gasteiger partial charge in [-0.2, -0.15) is 0 Å². The standard InChI is InChI=1S/C27H32ClN3O/c1-26(2,3)17-27(4,5)19-11-13-21(25(32)18-9-7-6-8-10-18)24(15-19)31-29-22-14-12-20(28)16-23(22)30-31/h7,9,11-16,18H,6,8,10,17H2,1-5H3. The third-order valence-electron chi connectivity index (χ3n) is 6.17. The number of rotatable bonds is 5. The van der Waals surface area contributed by atoms with E-state index in [1.807, 2.05) is 18.2 Å². The highest BCUT2D eigenvalue weighted by atomic mass is 35.5. The lowest BCUT2D eigenvalue weighted by Gasteiger charge is -2.33. The van der Waals surface area contributed by atoms with Gasteiger partial charge in [-0.15, -0.1) is 15.0 Å². The first-order valence-electron chi connectivity index (χ1n) is 11.4. The second-order valence-corrected chi connectivity index (χ2v) is 11.2. The minimum absolute atomic E-state index is 0.0603. The van der Waals surface area contributed by atoms with E-state index in [1.54, 1.807) is 10.9 Å². The van der Waals surface area contributed by atoms with Gasteiger partial charge in [-0.3, -0.25) is 4.79 Å². The van der Waals surface area contributed by atoms with Crippen molar-refractivity contribution in [2.45, 2.75) is 65.7 Å². The number of ketones is 1. The fourth-order valence-electron chi connectivity index (χ4n) is 4.98. The van der Waals surface area contributed by atoms with Crippen LogP contribution in [0.15, 0.2) is 48.6 Å².